The summed E-state index contributed by atoms with van der Waals surface area (Å²) < 4.78 is 1.27. The molecule has 3 atom stereocenters. The second kappa shape index (κ2) is 10.7. The van der Waals surface area contributed by atoms with Crippen LogP contribution >= 0.6 is 0 Å². The predicted molar refractivity (Wildman–Crippen MR) is 140 cm³/mol. The third-order valence-corrected chi connectivity index (χ3v) is 7.18. The number of para-hydroxylation sites is 1. The molecule has 202 valence electrons. The molecule has 1 saturated carbocycles. The molecular weight excluding hydrogens is 504 g/mol. The van der Waals surface area contributed by atoms with Crippen LogP contribution in [-0.2, 0) is 9.59 Å². The first kappa shape index (κ1) is 26.2. The zero-order chi connectivity index (χ0) is 27.7. The van der Waals surface area contributed by atoms with Crippen molar-refractivity contribution in [1.29, 1.82) is 0 Å². The Hall–Kier alpha value is -4.45. The molecule has 4 N–H and O–H groups in total. The number of hydrogen-bond donors (Lipinski definition) is 4. The Bertz CT molecular complexity index is 1550. The summed E-state index contributed by atoms with van der Waals surface area (Å²) in [5, 5.41) is 18.1. The van der Waals surface area contributed by atoms with Gasteiger partial charge in [0.05, 0.1) is 23.2 Å². The molecule has 0 bridgehead atoms. The number of imide groups is 1. The van der Waals surface area contributed by atoms with Crippen molar-refractivity contribution in [3.8, 4) is 0 Å². The van der Waals surface area contributed by atoms with E-state index in [-0.39, 0.29) is 58.5 Å². The number of aromatic nitrogens is 3. The molecule has 0 spiro atoms. The maximum atomic E-state index is 13.4. The number of pyridine rings is 1. The van der Waals surface area contributed by atoms with Crippen LogP contribution < -0.4 is 21.5 Å². The van der Waals surface area contributed by atoms with E-state index in [1.165, 1.54) is 22.9 Å². The fourth-order valence-electron chi connectivity index (χ4n) is 5.14. The van der Waals surface area contributed by atoms with Crippen LogP contribution in [0.5, 0.6) is 0 Å². The van der Waals surface area contributed by atoms with E-state index in [0.29, 0.717) is 12.8 Å². The lowest BCUT2D eigenvalue weighted by molar-refractivity contribution is -0.135. The number of aliphatic hydroxyl groups is 1. The van der Waals surface area contributed by atoms with Gasteiger partial charge in [-0.25, -0.2) is 4.98 Å². The number of benzene rings is 1. The summed E-state index contributed by atoms with van der Waals surface area (Å²) in [6.45, 7) is 1.58. The molecule has 2 fully saturated rings. The van der Waals surface area contributed by atoms with Crippen molar-refractivity contribution in [2.24, 2.45) is 0 Å². The highest BCUT2D eigenvalue weighted by Gasteiger charge is 2.31. The minimum Gasteiger partial charge on any atom is -0.391 e. The molecule has 2 aromatic heterocycles. The molecule has 4 amide bonds. The fraction of sp³-hybridized carbons (Fsp3) is 0.370. The van der Waals surface area contributed by atoms with E-state index in [1.54, 1.807) is 25.1 Å². The number of anilines is 1. The molecule has 1 aliphatic heterocycles. The molecule has 3 aromatic rings. The minimum atomic E-state index is -0.863. The lowest BCUT2D eigenvalue weighted by Gasteiger charge is -2.28. The Morgan fingerprint density at radius 2 is 1.87 bits per heavy atom. The van der Waals surface area contributed by atoms with Crippen LogP contribution in [0, 0.1) is 6.92 Å². The van der Waals surface area contributed by atoms with Gasteiger partial charge in [-0.2, -0.15) is 0 Å². The molecule has 0 radical (unpaired) electrons. The summed E-state index contributed by atoms with van der Waals surface area (Å²) in [7, 11) is 0. The SMILES string of the molecule is Cc1nc2c(NC(=O)c3cc(C(=O)NC4CCCCC4O)ccn3)cccc2c(=O)n1C1CCC(=O)NC1=O. The van der Waals surface area contributed by atoms with Crippen molar-refractivity contribution in [2.45, 2.75) is 63.6 Å². The van der Waals surface area contributed by atoms with Crippen molar-refractivity contribution >= 4 is 40.2 Å². The van der Waals surface area contributed by atoms with Crippen LogP contribution in [0.4, 0.5) is 5.69 Å². The number of amides is 4. The second-order valence-corrected chi connectivity index (χ2v) is 9.82. The number of carbonyl (C=O) groups is 4. The summed E-state index contributed by atoms with van der Waals surface area (Å²) in [6, 6.07) is 6.36. The molecule has 3 heterocycles. The van der Waals surface area contributed by atoms with Crippen LogP contribution in [0.25, 0.3) is 10.9 Å². The molecule has 12 heteroatoms. The molecule has 1 saturated heterocycles. The first-order valence-electron chi connectivity index (χ1n) is 12.8. The van der Waals surface area contributed by atoms with Crippen LogP contribution in [-0.4, -0.2) is 55.4 Å². The molecule has 3 unspecified atom stereocenters. The Morgan fingerprint density at radius 1 is 1.08 bits per heavy atom. The van der Waals surface area contributed by atoms with E-state index in [1.807, 2.05) is 0 Å². The number of nitrogens with one attached hydrogen (secondary N) is 3. The maximum absolute atomic E-state index is 13.4. The van der Waals surface area contributed by atoms with Gasteiger partial charge in [-0.15, -0.1) is 0 Å². The van der Waals surface area contributed by atoms with E-state index in [4.69, 9.17) is 0 Å². The van der Waals surface area contributed by atoms with Gasteiger partial charge in [0.15, 0.2) is 0 Å². The number of rotatable bonds is 5. The lowest BCUT2D eigenvalue weighted by Crippen LogP contribution is -2.45. The summed E-state index contributed by atoms with van der Waals surface area (Å²) in [6.07, 6.45) is 4.20. The maximum Gasteiger partial charge on any atom is 0.274 e. The number of carbonyl (C=O) groups excluding carboxylic acids is 4. The molecule has 5 rings (SSSR count). The van der Waals surface area contributed by atoms with Gasteiger partial charge < -0.3 is 15.7 Å². The second-order valence-electron chi connectivity index (χ2n) is 9.82. The van der Waals surface area contributed by atoms with Gasteiger partial charge in [-0.1, -0.05) is 18.9 Å². The minimum absolute atomic E-state index is 0.0162. The summed E-state index contributed by atoms with van der Waals surface area (Å²) in [4.78, 5) is 71.7. The number of aryl methyl sites for hydroxylation is 1. The van der Waals surface area contributed by atoms with Crippen molar-refractivity contribution in [2.75, 3.05) is 5.32 Å². The summed E-state index contributed by atoms with van der Waals surface area (Å²) in [5.74, 6) is -1.71. The Kier molecular flexibility index (Phi) is 7.20. The third kappa shape index (κ3) is 5.28. The zero-order valence-corrected chi connectivity index (χ0v) is 21.3. The number of piperidine rings is 1. The average molecular weight is 533 g/mol. The summed E-state index contributed by atoms with van der Waals surface area (Å²) in [5.41, 5.74) is 0.237. The van der Waals surface area contributed by atoms with Gasteiger partial charge in [0, 0.05) is 18.2 Å². The number of aliphatic hydroxyl groups excluding tert-OH is 1. The largest absolute Gasteiger partial charge is 0.391 e. The lowest BCUT2D eigenvalue weighted by atomic mass is 9.92. The van der Waals surface area contributed by atoms with Crippen molar-refractivity contribution in [3.05, 3.63) is 64.0 Å². The molecule has 1 aliphatic carbocycles. The topological polar surface area (TPSA) is 172 Å². The van der Waals surface area contributed by atoms with Crippen molar-refractivity contribution < 1.29 is 24.3 Å². The standard InChI is InChI=1S/C27H28N6O6/c1-14-29-23-16(27(39)33(14)20-9-10-22(35)32-26(20)38)5-4-7-18(23)31-25(37)19-13-15(11-12-28-19)24(36)30-17-6-2-3-8-21(17)34/h4-5,7,11-13,17,20-21,34H,2-3,6,8-10H2,1H3,(H,30,36)(H,31,37)(H,32,35,38). The molecule has 2 aliphatic rings. The van der Waals surface area contributed by atoms with Gasteiger partial charge in [0.1, 0.15) is 23.1 Å². The number of fused-ring (bicyclic) bond motifs is 1. The van der Waals surface area contributed by atoms with Gasteiger partial charge in [-0.05, 0) is 50.5 Å². The van der Waals surface area contributed by atoms with E-state index in [9.17, 15) is 29.1 Å². The number of hydrogen-bond acceptors (Lipinski definition) is 8. The Balaban J connectivity index is 1.39. The molecule has 1 aromatic carbocycles. The van der Waals surface area contributed by atoms with E-state index in [0.717, 1.165) is 12.8 Å². The quantitative estimate of drug-likeness (QED) is 0.357. The van der Waals surface area contributed by atoms with Gasteiger partial charge >= 0.3 is 0 Å². The van der Waals surface area contributed by atoms with E-state index >= 15 is 0 Å². The zero-order valence-electron chi connectivity index (χ0n) is 21.3. The fourth-order valence-corrected chi connectivity index (χ4v) is 5.14. The van der Waals surface area contributed by atoms with E-state index in [2.05, 4.69) is 25.9 Å². The van der Waals surface area contributed by atoms with Gasteiger partial charge in [0.2, 0.25) is 11.8 Å². The normalized spacial score (nSPS) is 21.3. The van der Waals surface area contributed by atoms with Gasteiger partial charge in [-0.3, -0.25) is 38.8 Å². The first-order valence-corrected chi connectivity index (χ1v) is 12.8. The Morgan fingerprint density at radius 3 is 2.64 bits per heavy atom. The van der Waals surface area contributed by atoms with E-state index < -0.39 is 35.4 Å². The monoisotopic (exact) mass is 532 g/mol. The predicted octanol–water partition coefficient (Wildman–Crippen LogP) is 1.36. The van der Waals surface area contributed by atoms with Crippen molar-refractivity contribution in [3.63, 3.8) is 0 Å². The van der Waals surface area contributed by atoms with Crippen molar-refractivity contribution in [1.82, 2.24) is 25.2 Å². The third-order valence-electron chi connectivity index (χ3n) is 7.18. The smallest absolute Gasteiger partial charge is 0.274 e. The number of nitrogens with zero attached hydrogens (tertiary/aromatic N) is 3. The molecule has 12 nitrogen and oxygen atoms in total. The van der Waals surface area contributed by atoms with Crippen LogP contribution in [0.2, 0.25) is 0 Å². The van der Waals surface area contributed by atoms with Crippen LogP contribution in [0.3, 0.4) is 0 Å². The summed E-state index contributed by atoms with van der Waals surface area (Å²) >= 11 is 0. The highest BCUT2D eigenvalue weighted by atomic mass is 16.3. The Labute approximate surface area is 222 Å². The first-order chi connectivity index (χ1) is 18.7. The van der Waals surface area contributed by atoms with Crippen LogP contribution in [0.1, 0.15) is 71.2 Å². The van der Waals surface area contributed by atoms with Crippen LogP contribution in [0.15, 0.2) is 41.3 Å². The molecule has 39 heavy (non-hydrogen) atoms. The highest BCUT2D eigenvalue weighted by Crippen LogP contribution is 2.24. The highest BCUT2D eigenvalue weighted by molar-refractivity contribution is 6.08. The average Bonchev–Trinajstić information content (AvgIpc) is 2.91. The van der Waals surface area contributed by atoms with Gasteiger partial charge in [0.25, 0.3) is 17.4 Å². The molecular formula is C27H28N6O6.